The topological polar surface area (TPSA) is 3.24 Å². The van der Waals surface area contributed by atoms with Crippen LogP contribution in [0.15, 0.2) is 91.5 Å². The number of rotatable bonds is 6. The Kier molecular flexibility index (Phi) is 7.31. The lowest BCUT2D eigenvalue weighted by Crippen LogP contribution is -2.09. The number of allylic oxidation sites excluding steroid dienone is 3. The van der Waals surface area contributed by atoms with Gasteiger partial charge in [-0.1, -0.05) is 60.7 Å². The molecule has 0 aliphatic rings. The molecule has 36 heavy (non-hydrogen) atoms. The van der Waals surface area contributed by atoms with Crippen LogP contribution < -0.4 is 4.90 Å². The molecule has 0 saturated heterocycles. The van der Waals surface area contributed by atoms with Gasteiger partial charge in [-0.3, -0.25) is 0 Å². The van der Waals surface area contributed by atoms with Gasteiger partial charge in [-0.15, -0.1) is 0 Å². The second-order valence-electron chi connectivity index (χ2n) is 9.83. The van der Waals surface area contributed by atoms with Crippen molar-refractivity contribution in [3.8, 4) is 0 Å². The first kappa shape index (κ1) is 25.3. The first-order valence-corrected chi connectivity index (χ1v) is 12.7. The van der Waals surface area contributed by atoms with Crippen LogP contribution in [0.5, 0.6) is 0 Å². The van der Waals surface area contributed by atoms with Crippen LogP contribution in [0.25, 0.3) is 16.7 Å². The van der Waals surface area contributed by atoms with Gasteiger partial charge in [0.1, 0.15) is 0 Å². The van der Waals surface area contributed by atoms with E-state index in [9.17, 15) is 0 Å². The Morgan fingerprint density at radius 1 is 0.500 bits per heavy atom. The van der Waals surface area contributed by atoms with Gasteiger partial charge in [-0.2, -0.15) is 0 Å². The molecule has 0 spiro atoms. The zero-order chi connectivity index (χ0) is 26.0. The van der Waals surface area contributed by atoms with E-state index >= 15 is 0 Å². The summed E-state index contributed by atoms with van der Waals surface area (Å²) in [6.07, 6.45) is 0. The van der Waals surface area contributed by atoms with Crippen molar-refractivity contribution in [2.45, 2.75) is 48.5 Å². The predicted octanol–water partition coefficient (Wildman–Crippen LogP) is 10.4. The van der Waals surface area contributed by atoms with E-state index in [1.807, 2.05) is 0 Å². The summed E-state index contributed by atoms with van der Waals surface area (Å²) in [7, 11) is 0. The minimum absolute atomic E-state index is 1.14. The van der Waals surface area contributed by atoms with E-state index in [2.05, 4.69) is 145 Å². The maximum atomic E-state index is 4.24. The van der Waals surface area contributed by atoms with Crippen molar-refractivity contribution < 1.29 is 0 Å². The van der Waals surface area contributed by atoms with Crippen LogP contribution in [-0.4, -0.2) is 0 Å². The molecule has 4 aromatic carbocycles. The highest BCUT2D eigenvalue weighted by atomic mass is 15.1. The Bertz CT molecular complexity index is 1350. The third kappa shape index (κ3) is 4.66. The van der Waals surface area contributed by atoms with Gasteiger partial charge >= 0.3 is 0 Å². The van der Waals surface area contributed by atoms with Gasteiger partial charge in [0.15, 0.2) is 0 Å². The summed E-state index contributed by atoms with van der Waals surface area (Å²) in [5.74, 6) is 0. The molecular formula is C35H37N. The highest BCUT2D eigenvalue weighted by molar-refractivity contribution is 5.92. The molecule has 0 unspecified atom stereocenters. The fraction of sp³-hybridized carbons (Fsp3) is 0.200. The average molecular weight is 472 g/mol. The van der Waals surface area contributed by atoms with Crippen LogP contribution in [0.3, 0.4) is 0 Å². The zero-order valence-corrected chi connectivity index (χ0v) is 22.7. The van der Waals surface area contributed by atoms with Crippen molar-refractivity contribution in [3.63, 3.8) is 0 Å². The van der Waals surface area contributed by atoms with Crippen LogP contribution in [-0.2, 0) is 0 Å². The number of hydrogen-bond donors (Lipinski definition) is 0. The van der Waals surface area contributed by atoms with Gasteiger partial charge in [-0.25, -0.2) is 0 Å². The Labute approximate surface area is 217 Å². The van der Waals surface area contributed by atoms with E-state index in [1.165, 1.54) is 50.1 Å². The largest absolute Gasteiger partial charge is 0.311 e. The predicted molar refractivity (Wildman–Crippen MR) is 159 cm³/mol. The molecule has 1 nitrogen and oxygen atoms in total. The average Bonchev–Trinajstić information content (AvgIpc) is 2.89. The highest BCUT2D eigenvalue weighted by Gasteiger charge is 2.18. The molecule has 0 heterocycles. The van der Waals surface area contributed by atoms with E-state index < -0.39 is 0 Å². The third-order valence-corrected chi connectivity index (χ3v) is 7.58. The number of benzene rings is 4. The van der Waals surface area contributed by atoms with Crippen LogP contribution in [0.2, 0.25) is 0 Å². The zero-order valence-electron chi connectivity index (χ0n) is 22.7. The van der Waals surface area contributed by atoms with E-state index in [0.29, 0.717) is 0 Å². The van der Waals surface area contributed by atoms with Gasteiger partial charge in [0.2, 0.25) is 0 Å². The lowest BCUT2D eigenvalue weighted by Gasteiger charge is -2.26. The van der Waals surface area contributed by atoms with E-state index in [1.54, 1.807) is 0 Å². The second kappa shape index (κ2) is 10.4. The number of anilines is 3. The van der Waals surface area contributed by atoms with Gasteiger partial charge < -0.3 is 4.90 Å². The Balaban J connectivity index is 1.78. The van der Waals surface area contributed by atoms with E-state index in [-0.39, 0.29) is 0 Å². The summed E-state index contributed by atoms with van der Waals surface area (Å²) in [5.41, 5.74) is 16.5. The molecule has 0 aromatic heterocycles. The van der Waals surface area contributed by atoms with Crippen LogP contribution in [0.4, 0.5) is 17.1 Å². The summed E-state index contributed by atoms with van der Waals surface area (Å²) >= 11 is 0. The fourth-order valence-electron chi connectivity index (χ4n) is 5.38. The van der Waals surface area contributed by atoms with Crippen LogP contribution >= 0.6 is 0 Å². The molecule has 0 aliphatic carbocycles. The molecule has 0 radical (unpaired) electrons. The number of hydrogen-bond acceptors (Lipinski definition) is 1. The highest BCUT2D eigenvalue weighted by Crippen LogP contribution is 2.38. The Morgan fingerprint density at radius 3 is 1.31 bits per heavy atom. The molecular weight excluding hydrogens is 434 g/mol. The minimum Gasteiger partial charge on any atom is -0.311 e. The SMILES string of the molecule is C=C(C)c1c(C)c(C)c(/C(C)=C(\C)c2ccc(N(c3ccccc3)c3ccccc3)cc2)c(C)c1C. The Morgan fingerprint density at radius 2 is 0.889 bits per heavy atom. The molecule has 4 rings (SSSR count). The molecule has 0 amide bonds. The van der Waals surface area contributed by atoms with Gasteiger partial charge in [0.05, 0.1) is 0 Å². The summed E-state index contributed by atoms with van der Waals surface area (Å²) < 4.78 is 0. The maximum Gasteiger partial charge on any atom is 0.0462 e. The molecule has 1 heteroatoms. The van der Waals surface area contributed by atoms with Crippen molar-refractivity contribution in [1.29, 1.82) is 0 Å². The number of para-hydroxylation sites is 2. The number of nitrogens with zero attached hydrogens (tertiary/aromatic N) is 1. The molecule has 0 saturated carbocycles. The molecule has 4 aromatic rings. The van der Waals surface area contributed by atoms with Crippen molar-refractivity contribution in [1.82, 2.24) is 0 Å². The summed E-state index contributed by atoms with van der Waals surface area (Å²) in [5, 5.41) is 0. The molecule has 0 fully saturated rings. The lowest BCUT2D eigenvalue weighted by atomic mass is 9.82. The Hall–Kier alpha value is -3.84. The summed E-state index contributed by atoms with van der Waals surface area (Å²) in [4.78, 5) is 2.30. The standard InChI is InChI=1S/C35H37N/c1-23(2)34-26(5)28(7)35(29(8)27(34)6)25(4)24(3)30-19-21-33(22-20-30)36(31-15-11-9-12-16-31)32-17-13-10-14-18-32/h9-22H,1H2,2-8H3/b25-24+. The van der Waals surface area contributed by atoms with Crippen molar-refractivity contribution >= 4 is 33.8 Å². The van der Waals surface area contributed by atoms with E-state index in [4.69, 9.17) is 0 Å². The van der Waals surface area contributed by atoms with Gasteiger partial charge in [0, 0.05) is 17.1 Å². The minimum atomic E-state index is 1.14. The van der Waals surface area contributed by atoms with Crippen molar-refractivity contribution in [2.75, 3.05) is 4.90 Å². The van der Waals surface area contributed by atoms with Crippen molar-refractivity contribution in [3.05, 3.63) is 130 Å². The third-order valence-electron chi connectivity index (χ3n) is 7.58. The van der Waals surface area contributed by atoms with Crippen molar-refractivity contribution in [2.24, 2.45) is 0 Å². The lowest BCUT2D eigenvalue weighted by molar-refractivity contribution is 1.19. The summed E-state index contributed by atoms with van der Waals surface area (Å²) in [6, 6.07) is 30.0. The first-order chi connectivity index (χ1) is 17.2. The van der Waals surface area contributed by atoms with Gasteiger partial charge in [0.25, 0.3) is 0 Å². The smallest absolute Gasteiger partial charge is 0.0462 e. The molecule has 0 aliphatic heterocycles. The maximum absolute atomic E-state index is 4.24. The molecule has 0 N–H and O–H groups in total. The van der Waals surface area contributed by atoms with E-state index in [0.717, 1.165) is 22.6 Å². The normalized spacial score (nSPS) is 11.8. The van der Waals surface area contributed by atoms with Gasteiger partial charge in [-0.05, 0) is 135 Å². The molecule has 0 atom stereocenters. The molecule has 182 valence electrons. The summed E-state index contributed by atoms with van der Waals surface area (Å²) in [6.45, 7) is 19.8. The second-order valence-corrected chi connectivity index (χ2v) is 9.83. The van der Waals surface area contributed by atoms with Crippen LogP contribution in [0, 0.1) is 27.7 Å². The monoisotopic (exact) mass is 471 g/mol. The van der Waals surface area contributed by atoms with Crippen LogP contribution in [0.1, 0.15) is 59.7 Å². The first-order valence-electron chi connectivity index (χ1n) is 12.7. The molecule has 0 bridgehead atoms. The fourth-order valence-corrected chi connectivity index (χ4v) is 5.38. The quantitative estimate of drug-likeness (QED) is 0.253.